The van der Waals surface area contributed by atoms with Gasteiger partial charge in [0.05, 0.1) is 18.1 Å². The number of furan rings is 1. The van der Waals surface area contributed by atoms with E-state index < -0.39 is 0 Å². The van der Waals surface area contributed by atoms with Gasteiger partial charge in [0.15, 0.2) is 5.76 Å². The Labute approximate surface area is 169 Å². The Hall–Kier alpha value is -3.35. The molecule has 0 saturated heterocycles. The van der Waals surface area contributed by atoms with Gasteiger partial charge in [0.1, 0.15) is 6.54 Å². The lowest BCUT2D eigenvalue weighted by atomic mass is 9.80. The Morgan fingerprint density at radius 1 is 1.10 bits per heavy atom. The molecule has 0 bridgehead atoms. The van der Waals surface area contributed by atoms with Crippen molar-refractivity contribution in [1.29, 1.82) is 0 Å². The van der Waals surface area contributed by atoms with Crippen LogP contribution in [0.25, 0.3) is 0 Å². The molecule has 150 valence electrons. The van der Waals surface area contributed by atoms with Gasteiger partial charge in [-0.15, -0.1) is 0 Å². The summed E-state index contributed by atoms with van der Waals surface area (Å²) >= 11 is 0. The van der Waals surface area contributed by atoms with E-state index in [1.54, 1.807) is 18.3 Å². The van der Waals surface area contributed by atoms with E-state index in [1.165, 1.54) is 29.1 Å². The Kier molecular flexibility index (Phi) is 5.74. The minimum absolute atomic E-state index is 0.0788. The van der Waals surface area contributed by atoms with E-state index in [4.69, 9.17) is 4.42 Å². The molecule has 0 aliphatic heterocycles. The minimum Gasteiger partial charge on any atom is -0.459 e. The highest BCUT2D eigenvalue weighted by Crippen LogP contribution is 2.33. The van der Waals surface area contributed by atoms with Crippen LogP contribution in [0, 0.1) is 0 Å². The number of hydrogen-bond acceptors (Lipinski definition) is 4. The van der Waals surface area contributed by atoms with Gasteiger partial charge in [-0.05, 0) is 30.5 Å². The molecule has 1 aromatic carbocycles. The highest BCUT2D eigenvalue weighted by atomic mass is 16.3. The molecule has 1 fully saturated rings. The van der Waals surface area contributed by atoms with E-state index in [0.717, 1.165) is 19.3 Å². The third-order valence-corrected chi connectivity index (χ3v) is 5.28. The molecular weight excluding hydrogens is 368 g/mol. The monoisotopic (exact) mass is 392 g/mol. The Bertz CT molecular complexity index is 950. The van der Waals surface area contributed by atoms with Gasteiger partial charge in [-0.1, -0.05) is 43.2 Å². The zero-order valence-corrected chi connectivity index (χ0v) is 16.1. The number of nitrogens with zero attached hydrogens (tertiary/aromatic N) is 2. The fourth-order valence-electron chi connectivity index (χ4n) is 3.92. The smallest absolute Gasteiger partial charge is 0.291 e. The second-order valence-corrected chi connectivity index (χ2v) is 7.33. The number of anilines is 1. The molecule has 4 rings (SSSR count). The second kappa shape index (κ2) is 8.77. The van der Waals surface area contributed by atoms with Crippen LogP contribution >= 0.6 is 0 Å². The molecule has 0 unspecified atom stereocenters. The van der Waals surface area contributed by atoms with E-state index in [-0.39, 0.29) is 30.2 Å². The molecule has 0 spiro atoms. The first-order valence-corrected chi connectivity index (χ1v) is 9.90. The van der Waals surface area contributed by atoms with Crippen molar-refractivity contribution in [3.05, 3.63) is 72.4 Å². The highest BCUT2D eigenvalue weighted by Gasteiger charge is 2.27. The van der Waals surface area contributed by atoms with E-state index >= 15 is 0 Å². The van der Waals surface area contributed by atoms with Gasteiger partial charge in [0.2, 0.25) is 5.91 Å². The van der Waals surface area contributed by atoms with Crippen LogP contribution in [-0.2, 0) is 11.3 Å². The van der Waals surface area contributed by atoms with Crippen LogP contribution in [0.3, 0.4) is 0 Å². The van der Waals surface area contributed by atoms with Gasteiger partial charge in [-0.2, -0.15) is 5.10 Å². The standard InChI is InChI=1S/C22H24N4O3/c27-21(25-19-10-5-4-9-18(19)16-7-2-1-3-8-16)15-26-14-17(13-23-26)24-22(28)20-11-6-12-29-20/h1-3,6-8,11-14,18-19H,4-5,9-10,15H2,(H,24,28)(H,25,27)/t18-,19+/m0/s1. The molecule has 0 radical (unpaired) electrons. The number of hydrogen-bond donors (Lipinski definition) is 2. The van der Waals surface area contributed by atoms with Crippen molar-refractivity contribution in [2.45, 2.75) is 44.2 Å². The van der Waals surface area contributed by atoms with Crippen molar-refractivity contribution in [3.63, 3.8) is 0 Å². The van der Waals surface area contributed by atoms with Crippen LogP contribution < -0.4 is 10.6 Å². The molecule has 1 aliphatic rings. The molecule has 7 heteroatoms. The molecule has 1 aliphatic carbocycles. The van der Waals surface area contributed by atoms with E-state index in [9.17, 15) is 9.59 Å². The molecule has 3 aromatic rings. The van der Waals surface area contributed by atoms with Crippen LogP contribution in [0.2, 0.25) is 0 Å². The predicted molar refractivity (Wildman–Crippen MR) is 108 cm³/mol. The molecule has 29 heavy (non-hydrogen) atoms. The maximum Gasteiger partial charge on any atom is 0.291 e. The fourth-order valence-corrected chi connectivity index (χ4v) is 3.92. The quantitative estimate of drug-likeness (QED) is 0.671. The molecule has 2 heterocycles. The average Bonchev–Trinajstić information content (AvgIpc) is 3.41. The summed E-state index contributed by atoms with van der Waals surface area (Å²) in [6, 6.07) is 13.7. The van der Waals surface area contributed by atoms with Crippen LogP contribution in [0.15, 0.2) is 65.5 Å². The van der Waals surface area contributed by atoms with Crippen molar-refractivity contribution in [2.75, 3.05) is 5.32 Å². The predicted octanol–water partition coefficient (Wildman–Crippen LogP) is 3.57. The molecule has 2 atom stereocenters. The lowest BCUT2D eigenvalue weighted by molar-refractivity contribution is -0.122. The number of aromatic nitrogens is 2. The first-order chi connectivity index (χ1) is 14.2. The maximum absolute atomic E-state index is 12.6. The normalized spacial score (nSPS) is 18.9. The minimum atomic E-state index is -0.355. The molecule has 7 nitrogen and oxygen atoms in total. The Morgan fingerprint density at radius 2 is 1.93 bits per heavy atom. The lowest BCUT2D eigenvalue weighted by Crippen LogP contribution is -2.42. The van der Waals surface area contributed by atoms with Gasteiger partial charge in [0.25, 0.3) is 5.91 Å². The third-order valence-electron chi connectivity index (χ3n) is 5.28. The van der Waals surface area contributed by atoms with Crippen molar-refractivity contribution in [1.82, 2.24) is 15.1 Å². The van der Waals surface area contributed by atoms with E-state index in [1.807, 2.05) is 18.2 Å². The zero-order valence-electron chi connectivity index (χ0n) is 16.1. The second-order valence-electron chi connectivity index (χ2n) is 7.33. The number of nitrogens with one attached hydrogen (secondary N) is 2. The van der Waals surface area contributed by atoms with Gasteiger partial charge in [-0.25, -0.2) is 0 Å². The number of amides is 2. The van der Waals surface area contributed by atoms with Crippen LogP contribution in [-0.4, -0.2) is 27.6 Å². The van der Waals surface area contributed by atoms with Gasteiger partial charge >= 0.3 is 0 Å². The van der Waals surface area contributed by atoms with Gasteiger partial charge in [0, 0.05) is 18.2 Å². The van der Waals surface area contributed by atoms with Crippen molar-refractivity contribution >= 4 is 17.5 Å². The summed E-state index contributed by atoms with van der Waals surface area (Å²) in [6.45, 7) is 0.106. The third kappa shape index (κ3) is 4.74. The summed E-state index contributed by atoms with van der Waals surface area (Å²) in [5.41, 5.74) is 1.79. The van der Waals surface area contributed by atoms with E-state index in [2.05, 4.69) is 27.9 Å². The van der Waals surface area contributed by atoms with Crippen LogP contribution in [0.5, 0.6) is 0 Å². The molecule has 1 saturated carbocycles. The van der Waals surface area contributed by atoms with Crippen molar-refractivity contribution < 1.29 is 14.0 Å². The fraction of sp³-hybridized carbons (Fsp3) is 0.318. The number of carbonyl (C=O) groups is 2. The van der Waals surface area contributed by atoms with Crippen LogP contribution in [0.4, 0.5) is 5.69 Å². The number of benzene rings is 1. The number of carbonyl (C=O) groups excluding carboxylic acids is 2. The molecule has 2 aromatic heterocycles. The summed E-state index contributed by atoms with van der Waals surface area (Å²) in [4.78, 5) is 24.6. The van der Waals surface area contributed by atoms with Gasteiger partial charge in [-0.3, -0.25) is 14.3 Å². The summed E-state index contributed by atoms with van der Waals surface area (Å²) in [5, 5.41) is 10.1. The number of rotatable bonds is 6. The molecule has 2 N–H and O–H groups in total. The maximum atomic E-state index is 12.6. The summed E-state index contributed by atoms with van der Waals surface area (Å²) in [7, 11) is 0. The van der Waals surface area contributed by atoms with Crippen LogP contribution in [0.1, 0.15) is 47.7 Å². The van der Waals surface area contributed by atoms with E-state index in [0.29, 0.717) is 11.6 Å². The topological polar surface area (TPSA) is 89.2 Å². The summed E-state index contributed by atoms with van der Waals surface area (Å²) < 4.78 is 6.59. The highest BCUT2D eigenvalue weighted by molar-refractivity contribution is 6.02. The Morgan fingerprint density at radius 3 is 2.72 bits per heavy atom. The molecule has 2 amide bonds. The average molecular weight is 392 g/mol. The first kappa shape index (κ1) is 19.0. The SMILES string of the molecule is O=C(Cn1cc(NC(=O)c2ccco2)cn1)N[C@@H]1CCCC[C@H]1c1ccccc1. The van der Waals surface area contributed by atoms with Crippen molar-refractivity contribution in [3.8, 4) is 0 Å². The lowest BCUT2D eigenvalue weighted by Gasteiger charge is -2.32. The molecular formula is C22H24N4O3. The summed E-state index contributed by atoms with van der Waals surface area (Å²) in [6.07, 6.45) is 8.96. The largest absolute Gasteiger partial charge is 0.459 e. The van der Waals surface area contributed by atoms with Crippen molar-refractivity contribution in [2.24, 2.45) is 0 Å². The summed E-state index contributed by atoms with van der Waals surface area (Å²) in [5.74, 6) is 0.131. The zero-order chi connectivity index (χ0) is 20.1. The first-order valence-electron chi connectivity index (χ1n) is 9.90. The Balaban J connectivity index is 1.34. The van der Waals surface area contributed by atoms with Gasteiger partial charge < -0.3 is 15.1 Å².